The first-order valence-corrected chi connectivity index (χ1v) is 8.67. The van der Waals surface area contributed by atoms with Crippen molar-refractivity contribution in [2.45, 2.75) is 45.4 Å². The Morgan fingerprint density at radius 1 is 1.40 bits per heavy atom. The van der Waals surface area contributed by atoms with Crippen LogP contribution < -0.4 is 11.1 Å². The van der Waals surface area contributed by atoms with Crippen LogP contribution in [0.25, 0.3) is 5.69 Å². The smallest absolute Gasteiger partial charge is 0.241 e. The van der Waals surface area contributed by atoms with Crippen LogP contribution in [-0.2, 0) is 16.1 Å². The van der Waals surface area contributed by atoms with Gasteiger partial charge in [-0.05, 0) is 24.6 Å². The number of carbonyl (C=O) groups is 1. The van der Waals surface area contributed by atoms with E-state index in [1.165, 1.54) is 0 Å². The molecule has 1 aromatic heterocycles. The summed E-state index contributed by atoms with van der Waals surface area (Å²) in [5.74, 6) is -0.135. The van der Waals surface area contributed by atoms with Crippen LogP contribution in [-0.4, -0.2) is 33.9 Å². The number of benzene rings is 1. The Hall–Kier alpha value is -2.18. The number of nitrogens with two attached hydrogens (primary N) is 1. The number of nitrogens with one attached hydrogen (secondary N) is 1. The van der Waals surface area contributed by atoms with Crippen LogP contribution in [0.2, 0.25) is 0 Å². The molecule has 1 aliphatic carbocycles. The Kier molecular flexibility index (Phi) is 4.67. The minimum atomic E-state index is -0.909. The molecule has 1 fully saturated rings. The van der Waals surface area contributed by atoms with E-state index in [-0.39, 0.29) is 12.0 Å². The number of ether oxygens (including phenoxy) is 1. The fraction of sp³-hybridized carbons (Fsp3) is 0.474. The first-order valence-electron chi connectivity index (χ1n) is 8.67. The van der Waals surface area contributed by atoms with Gasteiger partial charge in [0.1, 0.15) is 5.54 Å². The van der Waals surface area contributed by atoms with Gasteiger partial charge < -0.3 is 15.8 Å². The molecule has 1 aromatic carbocycles. The topological polar surface area (TPSA) is 82.2 Å². The van der Waals surface area contributed by atoms with Crippen molar-refractivity contribution in [3.63, 3.8) is 0 Å². The van der Waals surface area contributed by atoms with Crippen molar-refractivity contribution in [1.82, 2.24) is 15.1 Å². The molecule has 3 N–H and O–H groups in total. The molecule has 134 valence electrons. The van der Waals surface area contributed by atoms with Crippen LogP contribution >= 0.6 is 0 Å². The average molecular weight is 342 g/mol. The van der Waals surface area contributed by atoms with Crippen molar-refractivity contribution >= 4 is 5.91 Å². The zero-order chi connectivity index (χ0) is 18.1. The van der Waals surface area contributed by atoms with Crippen LogP contribution in [0, 0.1) is 5.41 Å². The molecule has 0 radical (unpaired) electrons. The second-order valence-electron chi connectivity index (χ2n) is 7.10. The number of rotatable bonds is 6. The van der Waals surface area contributed by atoms with Crippen molar-refractivity contribution in [2.75, 3.05) is 6.61 Å². The molecule has 2 unspecified atom stereocenters. The highest BCUT2D eigenvalue weighted by molar-refractivity contribution is 5.88. The van der Waals surface area contributed by atoms with Crippen LogP contribution in [0.3, 0.4) is 0 Å². The molecule has 2 aromatic rings. The summed E-state index contributed by atoms with van der Waals surface area (Å²) in [6.07, 6.45) is 4.17. The number of para-hydroxylation sites is 1. The summed E-state index contributed by atoms with van der Waals surface area (Å²) in [4.78, 5) is 12.8. The van der Waals surface area contributed by atoms with Crippen molar-refractivity contribution < 1.29 is 9.53 Å². The van der Waals surface area contributed by atoms with E-state index in [1.54, 1.807) is 10.9 Å². The zero-order valence-electron chi connectivity index (χ0n) is 15.0. The van der Waals surface area contributed by atoms with Gasteiger partial charge in [-0.2, -0.15) is 5.10 Å². The van der Waals surface area contributed by atoms with E-state index in [1.807, 2.05) is 57.3 Å². The number of carbonyl (C=O) groups excluding carboxylic acids is 1. The number of hydrogen-bond donors (Lipinski definition) is 2. The molecule has 2 atom stereocenters. The summed E-state index contributed by atoms with van der Waals surface area (Å²) in [5, 5.41) is 7.27. The Morgan fingerprint density at radius 3 is 2.80 bits per heavy atom. The maximum atomic E-state index is 12.8. The Bertz CT molecular complexity index is 742. The van der Waals surface area contributed by atoms with Gasteiger partial charge in [-0.25, -0.2) is 4.68 Å². The van der Waals surface area contributed by atoms with E-state index in [0.717, 1.165) is 11.3 Å². The molecule has 6 nitrogen and oxygen atoms in total. The van der Waals surface area contributed by atoms with Gasteiger partial charge in [-0.15, -0.1) is 0 Å². The normalized spacial score (nSPS) is 24.6. The van der Waals surface area contributed by atoms with Crippen molar-refractivity contribution in [1.29, 1.82) is 0 Å². The minimum Gasteiger partial charge on any atom is -0.378 e. The summed E-state index contributed by atoms with van der Waals surface area (Å²) < 4.78 is 7.49. The second kappa shape index (κ2) is 6.61. The third kappa shape index (κ3) is 2.96. The van der Waals surface area contributed by atoms with E-state index >= 15 is 0 Å². The zero-order valence-corrected chi connectivity index (χ0v) is 15.0. The lowest BCUT2D eigenvalue weighted by Gasteiger charge is -2.57. The Labute approximate surface area is 148 Å². The van der Waals surface area contributed by atoms with Gasteiger partial charge in [-0.3, -0.25) is 4.79 Å². The third-order valence-corrected chi connectivity index (χ3v) is 5.42. The van der Waals surface area contributed by atoms with Gasteiger partial charge in [0.25, 0.3) is 0 Å². The van der Waals surface area contributed by atoms with Crippen LogP contribution in [0.5, 0.6) is 0 Å². The summed E-state index contributed by atoms with van der Waals surface area (Å²) >= 11 is 0. The molecule has 1 amide bonds. The van der Waals surface area contributed by atoms with Crippen LogP contribution in [0.1, 0.15) is 32.8 Å². The average Bonchev–Trinajstić information content (AvgIpc) is 3.14. The molecular weight excluding hydrogens is 316 g/mol. The highest BCUT2D eigenvalue weighted by atomic mass is 16.5. The molecule has 1 aliphatic rings. The molecule has 1 saturated carbocycles. The first-order chi connectivity index (χ1) is 11.9. The van der Waals surface area contributed by atoms with Gasteiger partial charge in [0, 0.05) is 37.4 Å². The molecule has 0 bridgehead atoms. The van der Waals surface area contributed by atoms with E-state index in [9.17, 15) is 4.79 Å². The minimum absolute atomic E-state index is 0.0182. The monoisotopic (exact) mass is 342 g/mol. The van der Waals surface area contributed by atoms with Gasteiger partial charge in [0.2, 0.25) is 5.91 Å². The SMILES string of the molecule is CCOC1CC(N)(C(=O)NCc2ccccc2-n2cccn2)C1(C)C. The lowest BCUT2D eigenvalue weighted by molar-refractivity contribution is -0.170. The van der Waals surface area contributed by atoms with Crippen molar-refractivity contribution in [3.8, 4) is 5.69 Å². The molecule has 25 heavy (non-hydrogen) atoms. The molecule has 0 aliphatic heterocycles. The fourth-order valence-electron chi connectivity index (χ4n) is 3.45. The standard InChI is InChI=1S/C19H26N4O2/c1-4-25-16-12-19(20,18(16,2)3)17(24)21-13-14-8-5-6-9-15(14)23-11-7-10-22-23/h5-11,16H,4,12-13,20H2,1-3H3,(H,21,24). The first kappa shape index (κ1) is 17.6. The quantitative estimate of drug-likeness (QED) is 0.841. The van der Waals surface area contributed by atoms with Gasteiger partial charge in [0.15, 0.2) is 0 Å². The van der Waals surface area contributed by atoms with Gasteiger partial charge >= 0.3 is 0 Å². The maximum absolute atomic E-state index is 12.8. The summed E-state index contributed by atoms with van der Waals surface area (Å²) in [5.41, 5.74) is 7.06. The lowest BCUT2D eigenvalue weighted by Crippen LogP contribution is -2.75. The van der Waals surface area contributed by atoms with E-state index in [4.69, 9.17) is 10.5 Å². The maximum Gasteiger partial charge on any atom is 0.241 e. The molecule has 0 spiro atoms. The summed E-state index contributed by atoms with van der Waals surface area (Å²) in [6.45, 7) is 6.98. The molecule has 3 rings (SSSR count). The van der Waals surface area contributed by atoms with Crippen LogP contribution in [0.15, 0.2) is 42.7 Å². The molecule has 1 heterocycles. The third-order valence-electron chi connectivity index (χ3n) is 5.42. The van der Waals surface area contributed by atoms with Gasteiger partial charge in [0.05, 0.1) is 11.8 Å². The fourth-order valence-corrected chi connectivity index (χ4v) is 3.45. The second-order valence-corrected chi connectivity index (χ2v) is 7.10. The largest absolute Gasteiger partial charge is 0.378 e. The van der Waals surface area contributed by atoms with E-state index in [2.05, 4.69) is 10.4 Å². The van der Waals surface area contributed by atoms with Crippen LogP contribution in [0.4, 0.5) is 0 Å². The van der Waals surface area contributed by atoms with E-state index in [0.29, 0.717) is 19.6 Å². The predicted octanol–water partition coefficient (Wildman–Crippen LogP) is 2.02. The number of aromatic nitrogens is 2. The summed E-state index contributed by atoms with van der Waals surface area (Å²) in [6, 6.07) is 9.73. The van der Waals surface area contributed by atoms with Crippen molar-refractivity contribution in [2.24, 2.45) is 11.1 Å². The van der Waals surface area contributed by atoms with E-state index < -0.39 is 11.0 Å². The number of amides is 1. The Balaban J connectivity index is 1.70. The number of hydrogen-bond acceptors (Lipinski definition) is 4. The highest BCUT2D eigenvalue weighted by Gasteiger charge is 2.62. The van der Waals surface area contributed by atoms with Crippen molar-refractivity contribution in [3.05, 3.63) is 48.3 Å². The number of nitrogens with zero attached hydrogens (tertiary/aromatic N) is 2. The van der Waals surface area contributed by atoms with Gasteiger partial charge in [-0.1, -0.05) is 32.0 Å². The molecule has 0 saturated heterocycles. The highest BCUT2D eigenvalue weighted by Crippen LogP contribution is 2.49. The summed E-state index contributed by atoms with van der Waals surface area (Å²) in [7, 11) is 0. The lowest BCUT2D eigenvalue weighted by atomic mass is 9.54. The predicted molar refractivity (Wildman–Crippen MR) is 96.1 cm³/mol. The Morgan fingerprint density at radius 2 is 2.16 bits per heavy atom. The molecular formula is C19H26N4O2. The molecule has 6 heteroatoms.